The number of halogens is 2. The molecule has 0 aromatic carbocycles. The van der Waals surface area contributed by atoms with E-state index in [4.69, 9.17) is 0 Å². The molecule has 0 aromatic heterocycles. The molecule has 35 heavy (non-hydrogen) atoms. The Morgan fingerprint density at radius 3 is 2.11 bits per heavy atom. The Morgan fingerprint density at radius 1 is 1.09 bits per heavy atom. The van der Waals surface area contributed by atoms with Crippen LogP contribution in [-0.2, 0) is 19.2 Å². The number of piperidine rings is 1. The molecule has 10 nitrogen and oxygen atoms in total. The van der Waals surface area contributed by atoms with Gasteiger partial charge >= 0.3 is 6.09 Å². The van der Waals surface area contributed by atoms with E-state index in [-0.39, 0.29) is 23.8 Å². The van der Waals surface area contributed by atoms with E-state index in [1.54, 1.807) is 20.8 Å². The number of carboxylic acid groups (broad SMARTS) is 1. The number of ketones is 1. The van der Waals surface area contributed by atoms with Crippen molar-refractivity contribution < 1.29 is 37.9 Å². The van der Waals surface area contributed by atoms with Gasteiger partial charge in [0, 0.05) is 20.0 Å². The lowest BCUT2D eigenvalue weighted by Crippen LogP contribution is -2.60. The number of Topliss-reactive ketones (excluding diaryl/α,β-unsaturated/α-hetero) is 1. The number of hydrogen-bond acceptors (Lipinski definition) is 5. The van der Waals surface area contributed by atoms with E-state index in [2.05, 4.69) is 16.0 Å². The van der Waals surface area contributed by atoms with Crippen LogP contribution in [0.25, 0.3) is 0 Å². The Morgan fingerprint density at radius 2 is 1.66 bits per heavy atom. The largest absolute Gasteiger partial charge is 0.465 e. The summed E-state index contributed by atoms with van der Waals surface area (Å²) in [7, 11) is 1.21. The highest BCUT2D eigenvalue weighted by atomic mass is 19.3. The summed E-state index contributed by atoms with van der Waals surface area (Å²) >= 11 is 0. The molecule has 2 fully saturated rings. The Labute approximate surface area is 203 Å². The standard InChI is InChI=1S/C23H36F2N4O6/c1-21(2,3)16(28-20(34)35)19(33)29-10-11-13(22(11,4)5)14(29)17(31)27-12(8-9-23(6,24)25)15(30)18(32)26-7/h11-14,16,28H,8-10H2,1-7H3,(H,26,32)(H,27,31)(H,34,35)/t11-,12-,13-,14-,16+/m0/s1. The Kier molecular flexibility index (Phi) is 7.88. The highest BCUT2D eigenvalue weighted by molar-refractivity contribution is 6.38. The van der Waals surface area contributed by atoms with Gasteiger partial charge in [0.15, 0.2) is 0 Å². The number of carbonyl (C=O) groups is 5. The first kappa shape index (κ1) is 28.4. The molecule has 0 bridgehead atoms. The van der Waals surface area contributed by atoms with E-state index >= 15 is 0 Å². The highest BCUT2D eigenvalue weighted by Gasteiger charge is 2.69. The van der Waals surface area contributed by atoms with Crippen molar-refractivity contribution in [3.63, 3.8) is 0 Å². The minimum absolute atomic E-state index is 0.0271. The predicted octanol–water partition coefficient (Wildman–Crippen LogP) is 1.39. The number of likely N-dealkylation sites (N-methyl/N-ethyl adjacent to an activating group) is 1. The van der Waals surface area contributed by atoms with Crippen LogP contribution in [0.1, 0.15) is 54.4 Å². The van der Waals surface area contributed by atoms with Crippen LogP contribution in [0.3, 0.4) is 0 Å². The van der Waals surface area contributed by atoms with E-state index in [1.165, 1.54) is 11.9 Å². The number of nitrogens with zero attached hydrogens (tertiary/aromatic N) is 1. The van der Waals surface area contributed by atoms with Gasteiger partial charge in [0.05, 0.1) is 6.04 Å². The first-order valence-electron chi connectivity index (χ1n) is 11.6. The van der Waals surface area contributed by atoms with Crippen LogP contribution in [0, 0.1) is 22.7 Å². The van der Waals surface area contributed by atoms with Crippen molar-refractivity contribution in [3.05, 3.63) is 0 Å². The van der Waals surface area contributed by atoms with E-state index in [0.29, 0.717) is 6.92 Å². The van der Waals surface area contributed by atoms with Gasteiger partial charge in [-0.15, -0.1) is 0 Å². The quantitative estimate of drug-likeness (QED) is 0.351. The molecule has 5 atom stereocenters. The zero-order chi connectivity index (χ0) is 27.1. The van der Waals surface area contributed by atoms with Crippen LogP contribution in [0.5, 0.6) is 0 Å². The molecule has 2 rings (SSSR count). The molecule has 0 radical (unpaired) electrons. The molecule has 4 N–H and O–H groups in total. The molecule has 198 valence electrons. The summed E-state index contributed by atoms with van der Waals surface area (Å²) in [6.45, 7) is 9.81. The van der Waals surface area contributed by atoms with Gasteiger partial charge in [-0.3, -0.25) is 19.2 Å². The summed E-state index contributed by atoms with van der Waals surface area (Å²) < 4.78 is 27.0. The lowest BCUT2D eigenvalue weighted by Gasteiger charge is -2.37. The molecular formula is C23H36F2N4O6. The van der Waals surface area contributed by atoms with Gasteiger partial charge < -0.3 is 26.0 Å². The predicted molar refractivity (Wildman–Crippen MR) is 122 cm³/mol. The molecule has 1 saturated heterocycles. The van der Waals surface area contributed by atoms with E-state index < -0.39 is 71.9 Å². The van der Waals surface area contributed by atoms with E-state index in [0.717, 1.165) is 0 Å². The van der Waals surface area contributed by atoms with Crippen molar-refractivity contribution in [1.29, 1.82) is 0 Å². The van der Waals surface area contributed by atoms with Gasteiger partial charge in [-0.1, -0.05) is 34.6 Å². The fraction of sp³-hybridized carbons (Fsp3) is 0.783. The van der Waals surface area contributed by atoms with Crippen LogP contribution in [0.15, 0.2) is 0 Å². The number of amides is 4. The lowest BCUT2D eigenvalue weighted by molar-refractivity contribution is -0.145. The second kappa shape index (κ2) is 9.69. The van der Waals surface area contributed by atoms with Gasteiger partial charge in [-0.25, -0.2) is 13.6 Å². The summed E-state index contributed by atoms with van der Waals surface area (Å²) in [6.07, 6.45) is -2.59. The van der Waals surface area contributed by atoms with Gasteiger partial charge in [0.2, 0.25) is 23.5 Å². The number of alkyl halides is 2. The minimum atomic E-state index is -3.12. The molecule has 12 heteroatoms. The van der Waals surface area contributed by atoms with Crippen molar-refractivity contribution in [1.82, 2.24) is 20.9 Å². The van der Waals surface area contributed by atoms with Gasteiger partial charge in [0.25, 0.3) is 5.91 Å². The molecule has 4 amide bonds. The first-order valence-corrected chi connectivity index (χ1v) is 11.6. The highest BCUT2D eigenvalue weighted by Crippen LogP contribution is 2.65. The lowest BCUT2D eigenvalue weighted by atomic mass is 9.85. The minimum Gasteiger partial charge on any atom is -0.465 e. The van der Waals surface area contributed by atoms with Gasteiger partial charge in [-0.05, 0) is 36.0 Å². The SMILES string of the molecule is CNC(=O)C(=O)[C@H](CCC(C)(F)F)NC(=O)[C@@H]1[C@@H]2[C@H](CN1C(=O)[C@@H](NC(=O)O)C(C)(C)C)C2(C)C. The fourth-order valence-electron chi connectivity index (χ4n) is 4.96. The van der Waals surface area contributed by atoms with Crippen LogP contribution < -0.4 is 16.0 Å². The molecule has 1 aliphatic heterocycles. The second-order valence-corrected chi connectivity index (χ2v) is 11.3. The first-order chi connectivity index (χ1) is 15.8. The smallest absolute Gasteiger partial charge is 0.405 e. The number of rotatable bonds is 9. The van der Waals surface area contributed by atoms with E-state index in [9.17, 15) is 37.9 Å². The molecule has 1 aliphatic carbocycles. The number of fused-ring (bicyclic) bond motifs is 1. The molecule has 0 unspecified atom stereocenters. The van der Waals surface area contributed by atoms with Crippen molar-refractivity contribution in [2.75, 3.05) is 13.6 Å². The number of hydrogen-bond donors (Lipinski definition) is 4. The van der Waals surface area contributed by atoms with Crippen molar-refractivity contribution >= 4 is 29.6 Å². The summed E-state index contributed by atoms with van der Waals surface area (Å²) in [5.74, 6) is -6.82. The molecule has 0 spiro atoms. The molecule has 0 aromatic rings. The molecule has 1 saturated carbocycles. The average Bonchev–Trinajstić information content (AvgIpc) is 3.06. The van der Waals surface area contributed by atoms with Crippen LogP contribution in [0.4, 0.5) is 13.6 Å². The molecule has 1 heterocycles. The number of carbonyl (C=O) groups excluding carboxylic acids is 4. The van der Waals surface area contributed by atoms with Crippen LogP contribution >= 0.6 is 0 Å². The summed E-state index contributed by atoms with van der Waals surface area (Å²) in [4.78, 5) is 63.9. The third kappa shape index (κ3) is 6.26. The van der Waals surface area contributed by atoms with Crippen molar-refractivity contribution in [3.8, 4) is 0 Å². The Hall–Kier alpha value is -2.79. The van der Waals surface area contributed by atoms with Crippen molar-refractivity contribution in [2.24, 2.45) is 22.7 Å². The summed E-state index contributed by atoms with van der Waals surface area (Å²) in [6, 6.07) is -3.68. The zero-order valence-electron chi connectivity index (χ0n) is 21.2. The monoisotopic (exact) mass is 502 g/mol. The van der Waals surface area contributed by atoms with Gasteiger partial charge in [-0.2, -0.15) is 0 Å². The number of nitrogens with one attached hydrogen (secondary N) is 3. The fourth-order valence-corrected chi connectivity index (χ4v) is 4.96. The van der Waals surface area contributed by atoms with Gasteiger partial charge in [0.1, 0.15) is 12.1 Å². The maximum absolute atomic E-state index is 13.5. The summed E-state index contributed by atoms with van der Waals surface area (Å²) in [5, 5.41) is 16.0. The number of likely N-dealkylation sites (tertiary alicyclic amines) is 1. The zero-order valence-corrected chi connectivity index (χ0v) is 21.2. The normalized spacial score (nSPS) is 24.6. The second-order valence-electron chi connectivity index (χ2n) is 11.3. The maximum atomic E-state index is 13.5. The van der Waals surface area contributed by atoms with E-state index in [1.807, 2.05) is 13.8 Å². The third-order valence-corrected chi connectivity index (χ3v) is 7.10. The molecule has 2 aliphatic rings. The summed E-state index contributed by atoms with van der Waals surface area (Å²) in [5.41, 5.74) is -1.09. The average molecular weight is 503 g/mol. The maximum Gasteiger partial charge on any atom is 0.405 e. The topological polar surface area (TPSA) is 145 Å². The van der Waals surface area contributed by atoms with Crippen LogP contribution in [-0.4, -0.2) is 77.2 Å². The Balaban J connectivity index is 2.34. The molecular weight excluding hydrogens is 466 g/mol. The third-order valence-electron chi connectivity index (χ3n) is 7.10. The van der Waals surface area contributed by atoms with Crippen LogP contribution in [0.2, 0.25) is 0 Å². The van der Waals surface area contributed by atoms with Crippen molar-refractivity contribution in [2.45, 2.75) is 78.4 Å². The Bertz CT molecular complexity index is 895.